The number of pyridine rings is 1. The van der Waals surface area contributed by atoms with Crippen molar-refractivity contribution in [2.45, 2.75) is 31.7 Å². The number of amides is 1. The minimum Gasteiger partial charge on any atom is -0.340 e. The molecule has 4 rings (SSSR count). The lowest BCUT2D eigenvalue weighted by Gasteiger charge is -2.35. The van der Waals surface area contributed by atoms with Crippen molar-refractivity contribution < 1.29 is 13.2 Å². The van der Waals surface area contributed by atoms with E-state index in [1.54, 1.807) is 18.2 Å². The molecule has 33 heavy (non-hydrogen) atoms. The number of para-hydroxylation sites is 1. The van der Waals surface area contributed by atoms with E-state index in [9.17, 15) is 13.2 Å². The van der Waals surface area contributed by atoms with E-state index in [1.165, 1.54) is 5.56 Å². The van der Waals surface area contributed by atoms with E-state index in [0.717, 1.165) is 41.7 Å². The van der Waals surface area contributed by atoms with Crippen LogP contribution in [0.4, 0.5) is 0 Å². The summed E-state index contributed by atoms with van der Waals surface area (Å²) < 4.78 is 27.6. The molecule has 0 radical (unpaired) electrons. The summed E-state index contributed by atoms with van der Waals surface area (Å²) in [6, 6.07) is 15.3. The van der Waals surface area contributed by atoms with E-state index in [2.05, 4.69) is 38.9 Å². The number of sulfonamides is 1. The van der Waals surface area contributed by atoms with Crippen LogP contribution in [0.25, 0.3) is 10.9 Å². The van der Waals surface area contributed by atoms with E-state index < -0.39 is 10.0 Å². The molecule has 0 unspecified atom stereocenters. The summed E-state index contributed by atoms with van der Waals surface area (Å²) in [6.45, 7) is 7.56. The fourth-order valence-corrected chi connectivity index (χ4v) is 5.22. The van der Waals surface area contributed by atoms with Crippen LogP contribution < -0.4 is 4.72 Å². The Hall–Kier alpha value is -2.81. The van der Waals surface area contributed by atoms with Gasteiger partial charge in [-0.1, -0.05) is 30.3 Å². The molecule has 1 saturated heterocycles. The van der Waals surface area contributed by atoms with E-state index in [0.29, 0.717) is 13.1 Å². The molecule has 7 nitrogen and oxygen atoms in total. The van der Waals surface area contributed by atoms with Crippen LogP contribution in [0.1, 0.15) is 23.1 Å². The van der Waals surface area contributed by atoms with Crippen LogP contribution >= 0.6 is 0 Å². The van der Waals surface area contributed by atoms with Crippen LogP contribution in [0.15, 0.2) is 59.6 Å². The topological polar surface area (TPSA) is 82.6 Å². The lowest BCUT2D eigenvalue weighted by Crippen LogP contribution is -2.48. The first-order chi connectivity index (χ1) is 15.8. The monoisotopic (exact) mass is 466 g/mol. The van der Waals surface area contributed by atoms with E-state index in [-0.39, 0.29) is 23.8 Å². The van der Waals surface area contributed by atoms with Gasteiger partial charge in [0.1, 0.15) is 0 Å². The van der Waals surface area contributed by atoms with E-state index >= 15 is 0 Å². The third-order valence-electron chi connectivity index (χ3n) is 6.25. The van der Waals surface area contributed by atoms with Gasteiger partial charge < -0.3 is 4.90 Å². The molecule has 0 spiro atoms. The Morgan fingerprint density at radius 3 is 2.52 bits per heavy atom. The SMILES string of the molecule is Cc1ccc(S(=O)(=O)NCCC(=O)N2CCN(Cc3cccc4cccnc34)CC2)cc1C. The largest absolute Gasteiger partial charge is 0.340 e. The minimum absolute atomic E-state index is 0.0238. The van der Waals surface area contributed by atoms with Crippen molar-refractivity contribution in [3.8, 4) is 0 Å². The first kappa shape index (κ1) is 23.4. The molecule has 0 bridgehead atoms. The van der Waals surface area contributed by atoms with Gasteiger partial charge in [-0.15, -0.1) is 0 Å². The van der Waals surface area contributed by atoms with Gasteiger partial charge in [0.25, 0.3) is 0 Å². The van der Waals surface area contributed by atoms with Crippen molar-refractivity contribution >= 4 is 26.8 Å². The van der Waals surface area contributed by atoms with E-state index in [1.807, 2.05) is 31.0 Å². The molecule has 1 amide bonds. The number of carbonyl (C=O) groups excluding carboxylic acids is 1. The highest BCUT2D eigenvalue weighted by atomic mass is 32.2. The average Bonchev–Trinajstić information content (AvgIpc) is 2.81. The third kappa shape index (κ3) is 5.58. The molecule has 1 aliphatic rings. The molecule has 0 atom stereocenters. The predicted molar refractivity (Wildman–Crippen MR) is 129 cm³/mol. The van der Waals surface area contributed by atoms with Gasteiger partial charge in [0.2, 0.25) is 15.9 Å². The van der Waals surface area contributed by atoms with Crippen molar-refractivity contribution in [3.63, 3.8) is 0 Å². The zero-order chi connectivity index (χ0) is 23.4. The Morgan fingerprint density at radius 1 is 1.00 bits per heavy atom. The van der Waals surface area contributed by atoms with Crippen molar-refractivity contribution in [1.82, 2.24) is 19.5 Å². The Kier molecular flexibility index (Phi) is 7.07. The van der Waals surface area contributed by atoms with Crippen LogP contribution in [-0.2, 0) is 21.4 Å². The van der Waals surface area contributed by atoms with Gasteiger partial charge in [0.05, 0.1) is 10.4 Å². The number of aromatic nitrogens is 1. The second-order valence-corrected chi connectivity index (χ2v) is 10.3. The molecule has 174 valence electrons. The number of hydrogen-bond donors (Lipinski definition) is 1. The number of nitrogens with zero attached hydrogens (tertiary/aromatic N) is 3. The van der Waals surface area contributed by atoms with Gasteiger partial charge in [-0.2, -0.15) is 0 Å². The zero-order valence-electron chi connectivity index (χ0n) is 19.1. The summed E-state index contributed by atoms with van der Waals surface area (Å²) in [5, 5.41) is 1.13. The molecular formula is C25H30N4O3S. The number of piperazine rings is 1. The summed E-state index contributed by atoms with van der Waals surface area (Å²) in [7, 11) is -3.62. The predicted octanol–water partition coefficient (Wildman–Crippen LogP) is 2.86. The highest BCUT2D eigenvalue weighted by molar-refractivity contribution is 7.89. The summed E-state index contributed by atoms with van der Waals surface area (Å²) in [4.78, 5) is 21.5. The second kappa shape index (κ2) is 9.99. The van der Waals surface area contributed by atoms with Crippen molar-refractivity contribution in [3.05, 3.63) is 71.4 Å². The van der Waals surface area contributed by atoms with Crippen molar-refractivity contribution in [2.24, 2.45) is 0 Å². The maximum Gasteiger partial charge on any atom is 0.240 e. The number of nitrogens with one attached hydrogen (secondary N) is 1. The first-order valence-electron chi connectivity index (χ1n) is 11.2. The molecule has 3 aromatic rings. The standard InChI is InChI=1S/C25H30N4O3S/c1-19-8-9-23(17-20(19)2)33(31,32)27-12-10-24(30)29-15-13-28(14-16-29)18-22-6-3-5-21-7-4-11-26-25(21)22/h3-9,11,17,27H,10,12-16,18H2,1-2H3. The summed E-state index contributed by atoms with van der Waals surface area (Å²) in [6.07, 6.45) is 1.97. The molecule has 1 N–H and O–H groups in total. The minimum atomic E-state index is -3.62. The normalized spacial score (nSPS) is 15.2. The number of carbonyl (C=O) groups is 1. The van der Waals surface area contributed by atoms with Gasteiger partial charge in [0, 0.05) is 57.3 Å². The summed E-state index contributed by atoms with van der Waals surface area (Å²) in [5.41, 5.74) is 4.18. The first-order valence-corrected chi connectivity index (χ1v) is 12.7. The molecule has 1 aliphatic heterocycles. The number of aryl methyl sites for hydroxylation is 2. The summed E-state index contributed by atoms with van der Waals surface area (Å²) >= 11 is 0. The van der Waals surface area contributed by atoms with Crippen LogP contribution in [0.3, 0.4) is 0 Å². The van der Waals surface area contributed by atoms with Gasteiger partial charge in [-0.25, -0.2) is 13.1 Å². The Labute approximate surface area is 195 Å². The van der Waals surface area contributed by atoms with Crippen LogP contribution in [0.5, 0.6) is 0 Å². The molecule has 1 fully saturated rings. The molecular weight excluding hydrogens is 436 g/mol. The molecule has 0 aliphatic carbocycles. The molecule has 8 heteroatoms. The lowest BCUT2D eigenvalue weighted by molar-refractivity contribution is -0.132. The summed E-state index contributed by atoms with van der Waals surface area (Å²) in [5.74, 6) is -0.0238. The van der Waals surface area contributed by atoms with Gasteiger partial charge >= 0.3 is 0 Å². The Balaban J connectivity index is 1.26. The van der Waals surface area contributed by atoms with Crippen LogP contribution in [0.2, 0.25) is 0 Å². The van der Waals surface area contributed by atoms with Crippen molar-refractivity contribution in [1.29, 1.82) is 0 Å². The maximum absolute atomic E-state index is 12.6. The quantitative estimate of drug-likeness (QED) is 0.579. The highest BCUT2D eigenvalue weighted by Gasteiger charge is 2.22. The average molecular weight is 467 g/mol. The molecule has 0 saturated carbocycles. The zero-order valence-corrected chi connectivity index (χ0v) is 19.9. The molecule has 2 heterocycles. The number of hydrogen-bond acceptors (Lipinski definition) is 5. The fourth-order valence-electron chi connectivity index (χ4n) is 4.11. The van der Waals surface area contributed by atoms with Gasteiger partial charge in [-0.3, -0.25) is 14.7 Å². The smallest absolute Gasteiger partial charge is 0.240 e. The third-order valence-corrected chi connectivity index (χ3v) is 7.71. The second-order valence-electron chi connectivity index (χ2n) is 8.54. The van der Waals surface area contributed by atoms with Crippen LogP contribution in [-0.4, -0.2) is 61.8 Å². The highest BCUT2D eigenvalue weighted by Crippen LogP contribution is 2.19. The Bertz CT molecular complexity index is 1250. The lowest BCUT2D eigenvalue weighted by atomic mass is 10.1. The Morgan fingerprint density at radius 2 is 1.76 bits per heavy atom. The maximum atomic E-state index is 12.6. The van der Waals surface area contributed by atoms with Crippen molar-refractivity contribution in [2.75, 3.05) is 32.7 Å². The van der Waals surface area contributed by atoms with Gasteiger partial charge in [0.15, 0.2) is 0 Å². The number of benzene rings is 2. The fraction of sp³-hybridized carbons (Fsp3) is 0.360. The van der Waals surface area contributed by atoms with E-state index in [4.69, 9.17) is 0 Å². The van der Waals surface area contributed by atoms with Gasteiger partial charge in [-0.05, 0) is 48.7 Å². The number of fused-ring (bicyclic) bond motifs is 1. The number of rotatable bonds is 7. The molecule has 1 aromatic heterocycles. The molecule has 2 aromatic carbocycles. The van der Waals surface area contributed by atoms with Crippen LogP contribution in [0, 0.1) is 13.8 Å².